The molecule has 0 aliphatic carbocycles. The van der Waals surface area contributed by atoms with Crippen LogP contribution in [-0.4, -0.2) is 48.7 Å². The largest absolute Gasteiger partial charge is 0.492 e. The second-order valence-electron chi connectivity index (χ2n) is 7.66. The highest BCUT2D eigenvalue weighted by Crippen LogP contribution is 2.31. The van der Waals surface area contributed by atoms with Crippen molar-refractivity contribution >= 4 is 27.5 Å². The molecule has 1 aliphatic rings. The minimum Gasteiger partial charge on any atom is -0.492 e. The molecule has 0 bridgehead atoms. The molecule has 4 rings (SSSR count). The lowest BCUT2D eigenvalue weighted by atomic mass is 9.94. The van der Waals surface area contributed by atoms with E-state index in [-0.39, 0.29) is 5.97 Å². The van der Waals surface area contributed by atoms with E-state index >= 15 is 0 Å². The molecule has 1 saturated heterocycles. The molecule has 1 aliphatic heterocycles. The Morgan fingerprint density at radius 1 is 1.10 bits per heavy atom. The minimum atomic E-state index is -0.0696. The van der Waals surface area contributed by atoms with Crippen molar-refractivity contribution in [3.8, 4) is 16.7 Å². The maximum absolute atomic E-state index is 11.6. The SMILES string of the molecule is CCOC(=O)CC1CCN(CCOc2ccc(Oc3nc4ccccc4s3)cc2)CC1. The number of ether oxygens (including phenoxy) is 3. The van der Waals surface area contributed by atoms with Gasteiger partial charge in [-0.1, -0.05) is 23.5 Å². The maximum Gasteiger partial charge on any atom is 0.306 e. The molecule has 1 aromatic heterocycles. The average molecular weight is 441 g/mol. The van der Waals surface area contributed by atoms with Crippen LogP contribution in [0.25, 0.3) is 10.2 Å². The number of hydrogen-bond donors (Lipinski definition) is 0. The number of benzene rings is 2. The number of hydrogen-bond acceptors (Lipinski definition) is 7. The van der Waals surface area contributed by atoms with Gasteiger partial charge in [0.2, 0.25) is 0 Å². The number of aromatic nitrogens is 1. The van der Waals surface area contributed by atoms with E-state index in [0.29, 0.717) is 30.7 Å². The van der Waals surface area contributed by atoms with Crippen molar-refractivity contribution in [1.82, 2.24) is 9.88 Å². The summed E-state index contributed by atoms with van der Waals surface area (Å²) in [6.07, 6.45) is 2.62. The Morgan fingerprint density at radius 3 is 2.58 bits per heavy atom. The van der Waals surface area contributed by atoms with Crippen molar-refractivity contribution in [2.45, 2.75) is 26.2 Å². The van der Waals surface area contributed by atoms with E-state index in [2.05, 4.69) is 9.88 Å². The zero-order valence-corrected chi connectivity index (χ0v) is 18.6. The van der Waals surface area contributed by atoms with Crippen molar-refractivity contribution < 1.29 is 19.0 Å². The highest BCUT2D eigenvalue weighted by Gasteiger charge is 2.21. The number of likely N-dealkylation sites (tertiary alicyclic amines) is 1. The normalized spacial score (nSPS) is 15.1. The zero-order valence-electron chi connectivity index (χ0n) is 17.8. The summed E-state index contributed by atoms with van der Waals surface area (Å²) < 4.78 is 18.0. The van der Waals surface area contributed by atoms with Gasteiger partial charge >= 0.3 is 5.97 Å². The van der Waals surface area contributed by atoms with Crippen molar-refractivity contribution in [1.29, 1.82) is 0 Å². The van der Waals surface area contributed by atoms with Crippen LogP contribution in [0.4, 0.5) is 0 Å². The molecule has 0 amide bonds. The Hall–Kier alpha value is -2.64. The molecule has 3 aromatic rings. The second kappa shape index (κ2) is 10.6. The summed E-state index contributed by atoms with van der Waals surface area (Å²) in [7, 11) is 0. The molecule has 2 heterocycles. The van der Waals surface area contributed by atoms with Gasteiger partial charge in [-0.15, -0.1) is 0 Å². The van der Waals surface area contributed by atoms with Crippen LogP contribution in [0.1, 0.15) is 26.2 Å². The highest BCUT2D eigenvalue weighted by molar-refractivity contribution is 7.20. The number of para-hydroxylation sites is 1. The highest BCUT2D eigenvalue weighted by atomic mass is 32.1. The Bertz CT molecular complexity index is 948. The number of esters is 1. The molecular weight excluding hydrogens is 412 g/mol. The molecule has 0 atom stereocenters. The van der Waals surface area contributed by atoms with Crippen LogP contribution >= 0.6 is 11.3 Å². The first-order valence-electron chi connectivity index (χ1n) is 10.8. The van der Waals surface area contributed by atoms with Crippen LogP contribution in [0.3, 0.4) is 0 Å². The Balaban J connectivity index is 1.17. The molecule has 7 heteroatoms. The first-order chi connectivity index (χ1) is 15.2. The number of thiazole rings is 1. The van der Waals surface area contributed by atoms with Crippen LogP contribution < -0.4 is 9.47 Å². The average Bonchev–Trinajstić information content (AvgIpc) is 3.19. The Labute approximate surface area is 186 Å². The molecule has 0 N–H and O–H groups in total. The van der Waals surface area contributed by atoms with Gasteiger partial charge in [-0.05, 0) is 75.2 Å². The Morgan fingerprint density at radius 2 is 1.84 bits per heavy atom. The molecule has 1 fully saturated rings. The van der Waals surface area contributed by atoms with Gasteiger partial charge in [0.1, 0.15) is 18.1 Å². The van der Waals surface area contributed by atoms with E-state index in [0.717, 1.165) is 54.2 Å². The summed E-state index contributed by atoms with van der Waals surface area (Å²) in [5.41, 5.74) is 0.951. The van der Waals surface area contributed by atoms with E-state index in [1.165, 1.54) is 11.3 Å². The smallest absolute Gasteiger partial charge is 0.306 e. The molecule has 6 nitrogen and oxygen atoms in total. The van der Waals surface area contributed by atoms with E-state index < -0.39 is 0 Å². The van der Waals surface area contributed by atoms with Gasteiger partial charge in [-0.3, -0.25) is 9.69 Å². The summed E-state index contributed by atoms with van der Waals surface area (Å²) in [6.45, 7) is 5.84. The number of nitrogens with zero attached hydrogens (tertiary/aromatic N) is 2. The minimum absolute atomic E-state index is 0.0696. The Kier molecular flexibility index (Phi) is 7.38. The van der Waals surface area contributed by atoms with Gasteiger partial charge in [-0.25, -0.2) is 4.98 Å². The molecule has 0 unspecified atom stereocenters. The fourth-order valence-electron chi connectivity index (χ4n) is 3.76. The standard InChI is InChI=1S/C24H28N2O4S/c1-2-28-23(27)17-18-11-13-26(14-12-18)15-16-29-19-7-9-20(10-8-19)30-24-25-21-5-3-4-6-22(21)31-24/h3-10,18H,2,11-17H2,1H3. The molecule has 0 spiro atoms. The van der Waals surface area contributed by atoms with Gasteiger partial charge in [0.25, 0.3) is 5.19 Å². The summed E-state index contributed by atoms with van der Waals surface area (Å²) in [6, 6.07) is 15.7. The van der Waals surface area contributed by atoms with E-state index in [9.17, 15) is 4.79 Å². The summed E-state index contributed by atoms with van der Waals surface area (Å²) in [5, 5.41) is 0.640. The first kappa shape index (κ1) is 21.6. The molecule has 0 radical (unpaired) electrons. The van der Waals surface area contributed by atoms with Crippen LogP contribution in [-0.2, 0) is 9.53 Å². The maximum atomic E-state index is 11.6. The van der Waals surface area contributed by atoms with E-state index in [1.807, 2.05) is 55.5 Å². The molecule has 2 aromatic carbocycles. The number of carbonyl (C=O) groups excluding carboxylic acids is 1. The van der Waals surface area contributed by atoms with Gasteiger partial charge in [-0.2, -0.15) is 0 Å². The summed E-state index contributed by atoms with van der Waals surface area (Å²) >= 11 is 1.54. The summed E-state index contributed by atoms with van der Waals surface area (Å²) in [5.74, 6) is 1.95. The van der Waals surface area contributed by atoms with Gasteiger partial charge < -0.3 is 14.2 Å². The monoisotopic (exact) mass is 440 g/mol. The lowest BCUT2D eigenvalue weighted by Crippen LogP contribution is -2.37. The van der Waals surface area contributed by atoms with Crippen LogP contribution in [0.15, 0.2) is 48.5 Å². The van der Waals surface area contributed by atoms with Crippen LogP contribution in [0.2, 0.25) is 0 Å². The number of carbonyl (C=O) groups is 1. The van der Waals surface area contributed by atoms with Crippen molar-refractivity contribution in [2.75, 3.05) is 32.8 Å². The molecule has 164 valence electrons. The lowest BCUT2D eigenvalue weighted by Gasteiger charge is -2.31. The van der Waals surface area contributed by atoms with E-state index in [4.69, 9.17) is 14.2 Å². The van der Waals surface area contributed by atoms with Crippen LogP contribution in [0, 0.1) is 5.92 Å². The molecule has 31 heavy (non-hydrogen) atoms. The quantitative estimate of drug-likeness (QED) is 0.430. The second-order valence-corrected chi connectivity index (χ2v) is 8.66. The van der Waals surface area contributed by atoms with Crippen LogP contribution in [0.5, 0.6) is 16.7 Å². The predicted molar refractivity (Wildman–Crippen MR) is 122 cm³/mol. The number of rotatable bonds is 9. The summed E-state index contributed by atoms with van der Waals surface area (Å²) in [4.78, 5) is 18.5. The van der Waals surface area contributed by atoms with Gasteiger partial charge in [0.05, 0.1) is 16.8 Å². The lowest BCUT2D eigenvalue weighted by molar-refractivity contribution is -0.144. The van der Waals surface area contributed by atoms with Crippen molar-refractivity contribution in [3.05, 3.63) is 48.5 Å². The van der Waals surface area contributed by atoms with Gasteiger partial charge in [0.15, 0.2) is 0 Å². The third-order valence-electron chi connectivity index (χ3n) is 5.45. The van der Waals surface area contributed by atoms with Gasteiger partial charge in [0, 0.05) is 13.0 Å². The number of fused-ring (bicyclic) bond motifs is 1. The molecule has 0 saturated carbocycles. The fourth-order valence-corrected chi connectivity index (χ4v) is 4.60. The fraction of sp³-hybridized carbons (Fsp3) is 0.417. The molecular formula is C24H28N2O4S. The van der Waals surface area contributed by atoms with Crippen molar-refractivity contribution in [3.63, 3.8) is 0 Å². The van der Waals surface area contributed by atoms with Crippen molar-refractivity contribution in [2.24, 2.45) is 5.92 Å². The van der Waals surface area contributed by atoms with E-state index in [1.54, 1.807) is 0 Å². The number of piperidine rings is 1. The first-order valence-corrected chi connectivity index (χ1v) is 11.7. The topological polar surface area (TPSA) is 60.9 Å². The zero-order chi connectivity index (χ0) is 21.5. The third kappa shape index (κ3) is 6.18. The third-order valence-corrected chi connectivity index (χ3v) is 6.36. The predicted octanol–water partition coefficient (Wildman–Crippen LogP) is 5.13.